The van der Waals surface area contributed by atoms with E-state index in [9.17, 15) is 22.8 Å². The summed E-state index contributed by atoms with van der Waals surface area (Å²) < 4.78 is 31.4. The van der Waals surface area contributed by atoms with Crippen molar-refractivity contribution in [3.63, 3.8) is 0 Å². The molecule has 0 aliphatic rings. The van der Waals surface area contributed by atoms with Crippen molar-refractivity contribution >= 4 is 27.9 Å². The van der Waals surface area contributed by atoms with Crippen LogP contribution in [0.2, 0.25) is 0 Å². The molecule has 144 valence electrons. The molecule has 1 atom stereocenters. The molecule has 0 bridgehead atoms. The fourth-order valence-electron chi connectivity index (χ4n) is 1.87. The molecular formula is C16H23N3O6S. The van der Waals surface area contributed by atoms with Gasteiger partial charge in [-0.2, -0.15) is 0 Å². The number of nitrogens with one attached hydrogen (secondary N) is 2. The lowest BCUT2D eigenvalue weighted by molar-refractivity contribution is -0.122. The van der Waals surface area contributed by atoms with Crippen LogP contribution < -0.4 is 15.8 Å². The maximum atomic E-state index is 12.3. The van der Waals surface area contributed by atoms with Crippen molar-refractivity contribution in [1.29, 1.82) is 0 Å². The monoisotopic (exact) mass is 385 g/mol. The lowest BCUT2D eigenvalue weighted by Crippen LogP contribution is -2.49. The molecule has 0 radical (unpaired) electrons. The third kappa shape index (κ3) is 7.51. The predicted octanol–water partition coefficient (Wildman–Crippen LogP) is 0.650. The maximum Gasteiger partial charge on any atom is 0.408 e. The second kappa shape index (κ2) is 8.65. The number of carbonyl (C=O) groups is 3. The van der Waals surface area contributed by atoms with Crippen LogP contribution in [0.1, 0.15) is 33.6 Å². The van der Waals surface area contributed by atoms with Crippen molar-refractivity contribution in [3.8, 4) is 0 Å². The molecule has 1 aromatic rings. The summed E-state index contributed by atoms with van der Waals surface area (Å²) >= 11 is 0. The van der Waals surface area contributed by atoms with Crippen LogP contribution in [0.4, 0.5) is 4.79 Å². The van der Waals surface area contributed by atoms with E-state index < -0.39 is 39.6 Å². The molecule has 0 aliphatic carbocycles. The van der Waals surface area contributed by atoms with Crippen molar-refractivity contribution in [2.24, 2.45) is 5.73 Å². The van der Waals surface area contributed by atoms with Gasteiger partial charge in [-0.05, 0) is 39.3 Å². The van der Waals surface area contributed by atoms with Gasteiger partial charge in [0.2, 0.25) is 5.91 Å². The summed E-state index contributed by atoms with van der Waals surface area (Å²) in [6.07, 6.45) is -1.32. The molecular weight excluding hydrogens is 362 g/mol. The number of sulfonamides is 1. The van der Waals surface area contributed by atoms with Gasteiger partial charge in [0, 0.05) is 6.42 Å². The first-order valence-corrected chi connectivity index (χ1v) is 9.28. The number of hydrogen-bond donors (Lipinski definition) is 3. The average Bonchev–Trinajstić information content (AvgIpc) is 2.49. The van der Waals surface area contributed by atoms with E-state index in [1.165, 1.54) is 24.3 Å². The molecule has 0 aromatic heterocycles. The highest BCUT2D eigenvalue weighted by Gasteiger charge is 2.28. The zero-order valence-corrected chi connectivity index (χ0v) is 15.6. The van der Waals surface area contributed by atoms with Crippen LogP contribution >= 0.6 is 0 Å². The van der Waals surface area contributed by atoms with Crippen molar-refractivity contribution < 1.29 is 27.5 Å². The van der Waals surface area contributed by atoms with Crippen molar-refractivity contribution in [1.82, 2.24) is 10.0 Å². The molecule has 0 heterocycles. The highest BCUT2D eigenvalue weighted by molar-refractivity contribution is 7.90. The number of alkyl carbamates (subject to hydrolysis) is 1. The lowest BCUT2D eigenvalue weighted by Gasteiger charge is -2.23. The Morgan fingerprint density at radius 2 is 1.73 bits per heavy atom. The molecule has 26 heavy (non-hydrogen) atoms. The summed E-state index contributed by atoms with van der Waals surface area (Å²) in [7, 11) is -4.12. The number of nitrogens with two attached hydrogens (primary N) is 1. The second-order valence-electron chi connectivity index (χ2n) is 6.49. The molecule has 0 fully saturated rings. The molecule has 0 aliphatic heterocycles. The first-order chi connectivity index (χ1) is 11.9. The van der Waals surface area contributed by atoms with Gasteiger partial charge in [-0.1, -0.05) is 18.2 Å². The van der Waals surface area contributed by atoms with Gasteiger partial charge in [0.15, 0.2) is 0 Å². The van der Waals surface area contributed by atoms with Gasteiger partial charge < -0.3 is 15.8 Å². The van der Waals surface area contributed by atoms with Gasteiger partial charge in [-0.25, -0.2) is 17.9 Å². The molecule has 9 nitrogen and oxygen atoms in total. The first kappa shape index (κ1) is 21.4. The number of ether oxygens (including phenoxy) is 1. The number of benzene rings is 1. The Kier molecular flexibility index (Phi) is 7.13. The Balaban J connectivity index is 2.90. The summed E-state index contributed by atoms with van der Waals surface area (Å²) in [5.74, 6) is -1.69. The highest BCUT2D eigenvalue weighted by Crippen LogP contribution is 2.10. The van der Waals surface area contributed by atoms with Crippen LogP contribution in [0.15, 0.2) is 35.2 Å². The Morgan fingerprint density at radius 3 is 2.23 bits per heavy atom. The average molecular weight is 385 g/mol. The van der Waals surface area contributed by atoms with Crippen molar-refractivity contribution in [2.45, 2.75) is 50.2 Å². The maximum absolute atomic E-state index is 12.3. The fourth-order valence-corrected chi connectivity index (χ4v) is 2.91. The number of amides is 3. The highest BCUT2D eigenvalue weighted by atomic mass is 32.2. The molecule has 0 unspecified atom stereocenters. The Morgan fingerprint density at radius 1 is 1.15 bits per heavy atom. The topological polar surface area (TPSA) is 145 Å². The fraction of sp³-hybridized carbons (Fsp3) is 0.438. The lowest BCUT2D eigenvalue weighted by atomic mass is 10.1. The first-order valence-electron chi connectivity index (χ1n) is 7.80. The standard InChI is InChI=1S/C16H23N3O6S/c1-16(2,3)25-15(22)18-12(9-10-13(17)20)14(21)19-26(23,24)11-7-5-4-6-8-11/h4-8,12H,9-10H2,1-3H3,(H2,17,20)(H,18,22)(H,19,21)/t12-/m0/s1. The van der Waals surface area contributed by atoms with E-state index in [1.807, 2.05) is 4.72 Å². The molecule has 1 aromatic carbocycles. The second-order valence-corrected chi connectivity index (χ2v) is 8.17. The summed E-state index contributed by atoms with van der Waals surface area (Å²) in [6.45, 7) is 4.89. The van der Waals surface area contributed by atoms with Gasteiger partial charge >= 0.3 is 6.09 Å². The van der Waals surface area contributed by atoms with E-state index in [0.29, 0.717) is 0 Å². The van der Waals surface area contributed by atoms with E-state index in [-0.39, 0.29) is 17.7 Å². The zero-order chi connectivity index (χ0) is 20.0. The number of rotatable bonds is 7. The van der Waals surface area contributed by atoms with Crippen LogP contribution in [0.3, 0.4) is 0 Å². The Labute approximate surface area is 152 Å². The van der Waals surface area contributed by atoms with Crippen molar-refractivity contribution in [3.05, 3.63) is 30.3 Å². The van der Waals surface area contributed by atoms with E-state index in [1.54, 1.807) is 26.8 Å². The summed E-state index contributed by atoms with van der Waals surface area (Å²) in [5.41, 5.74) is 4.24. The predicted molar refractivity (Wildman–Crippen MR) is 93.4 cm³/mol. The van der Waals surface area contributed by atoms with Gasteiger partial charge in [0.25, 0.3) is 15.9 Å². The number of carbonyl (C=O) groups excluding carboxylic acids is 3. The van der Waals surface area contributed by atoms with Crippen LogP contribution in [0.5, 0.6) is 0 Å². The largest absolute Gasteiger partial charge is 0.444 e. The van der Waals surface area contributed by atoms with Gasteiger partial charge in [0.1, 0.15) is 11.6 Å². The Hall–Kier alpha value is -2.62. The smallest absolute Gasteiger partial charge is 0.408 e. The minimum absolute atomic E-state index is 0.112. The Bertz CT molecular complexity index is 756. The summed E-state index contributed by atoms with van der Waals surface area (Å²) in [4.78, 5) is 35.1. The molecule has 0 spiro atoms. The van der Waals surface area contributed by atoms with Crippen LogP contribution in [-0.2, 0) is 24.3 Å². The van der Waals surface area contributed by atoms with E-state index in [4.69, 9.17) is 10.5 Å². The quantitative estimate of drug-likeness (QED) is 0.628. The zero-order valence-electron chi connectivity index (χ0n) is 14.8. The van der Waals surface area contributed by atoms with Crippen LogP contribution in [-0.4, -0.2) is 38.0 Å². The molecule has 10 heteroatoms. The molecule has 4 N–H and O–H groups in total. The van der Waals surface area contributed by atoms with Gasteiger partial charge in [-0.3, -0.25) is 9.59 Å². The van der Waals surface area contributed by atoms with E-state index >= 15 is 0 Å². The molecule has 3 amide bonds. The number of hydrogen-bond acceptors (Lipinski definition) is 6. The van der Waals surface area contributed by atoms with E-state index in [0.717, 1.165) is 0 Å². The third-order valence-corrected chi connectivity index (χ3v) is 4.34. The van der Waals surface area contributed by atoms with Crippen LogP contribution in [0, 0.1) is 0 Å². The van der Waals surface area contributed by atoms with Gasteiger partial charge in [-0.15, -0.1) is 0 Å². The van der Waals surface area contributed by atoms with E-state index in [2.05, 4.69) is 5.32 Å². The van der Waals surface area contributed by atoms with Crippen LogP contribution in [0.25, 0.3) is 0 Å². The van der Waals surface area contributed by atoms with Gasteiger partial charge in [0.05, 0.1) is 4.90 Å². The summed E-state index contributed by atoms with van der Waals surface area (Å²) in [6, 6.07) is 5.95. The molecule has 1 rings (SSSR count). The summed E-state index contributed by atoms with van der Waals surface area (Å²) in [5, 5.41) is 2.26. The molecule has 0 saturated carbocycles. The van der Waals surface area contributed by atoms with Crippen molar-refractivity contribution in [2.75, 3.05) is 0 Å². The minimum Gasteiger partial charge on any atom is -0.444 e. The molecule has 0 saturated heterocycles. The normalized spacial score (nSPS) is 12.7. The minimum atomic E-state index is -4.12. The SMILES string of the molecule is CC(C)(C)OC(=O)N[C@@H](CCC(N)=O)C(=O)NS(=O)(=O)c1ccccc1. The third-order valence-electron chi connectivity index (χ3n) is 2.98. The number of primary amides is 1.